The summed E-state index contributed by atoms with van der Waals surface area (Å²) in [5, 5.41) is 0.819. The SMILES string of the molecule is C#Cc1cccc(N(P)c2ncnc3c(I)c(OCCOC)c(OCCOC)cc23)c1. The molecule has 0 aliphatic heterocycles. The topological polar surface area (TPSA) is 65.9 Å². The molecule has 0 amide bonds. The molecule has 9 heteroatoms. The van der Waals surface area contributed by atoms with Crippen molar-refractivity contribution in [3.8, 4) is 23.8 Å². The number of halogens is 1. The molecule has 0 N–H and O–H groups in total. The van der Waals surface area contributed by atoms with E-state index in [0.717, 1.165) is 25.7 Å². The largest absolute Gasteiger partial charge is 0.487 e. The van der Waals surface area contributed by atoms with Gasteiger partial charge >= 0.3 is 0 Å². The average Bonchev–Trinajstić information content (AvgIpc) is 2.80. The molecule has 3 aromatic rings. The fourth-order valence-corrected chi connectivity index (χ4v) is 4.09. The minimum Gasteiger partial charge on any atom is -0.487 e. The van der Waals surface area contributed by atoms with E-state index in [0.29, 0.717) is 43.7 Å². The monoisotopic (exact) mass is 551 g/mol. The van der Waals surface area contributed by atoms with Crippen LogP contribution >= 0.6 is 32.0 Å². The second-order valence-electron chi connectivity index (χ2n) is 6.36. The van der Waals surface area contributed by atoms with Gasteiger partial charge in [0.15, 0.2) is 11.5 Å². The number of hydrogen-bond acceptors (Lipinski definition) is 7. The highest BCUT2D eigenvalue weighted by Crippen LogP contribution is 2.42. The summed E-state index contributed by atoms with van der Waals surface area (Å²) in [7, 11) is 5.95. The van der Waals surface area contributed by atoms with Crippen molar-refractivity contribution >= 4 is 54.4 Å². The molecule has 1 unspecified atom stereocenters. The van der Waals surface area contributed by atoms with Gasteiger partial charge in [0, 0.05) is 30.9 Å². The third-order valence-electron chi connectivity index (χ3n) is 4.37. The molecule has 0 bridgehead atoms. The summed E-state index contributed by atoms with van der Waals surface area (Å²) < 4.78 is 24.9. The van der Waals surface area contributed by atoms with Crippen molar-refractivity contribution < 1.29 is 18.9 Å². The normalized spacial score (nSPS) is 10.7. The Labute approximate surface area is 197 Å². The van der Waals surface area contributed by atoms with Crippen LogP contribution in [0.1, 0.15) is 5.56 Å². The zero-order valence-electron chi connectivity index (χ0n) is 17.3. The van der Waals surface area contributed by atoms with Crippen molar-refractivity contribution in [2.75, 3.05) is 45.3 Å². The highest BCUT2D eigenvalue weighted by molar-refractivity contribution is 14.1. The van der Waals surface area contributed by atoms with Gasteiger partial charge < -0.3 is 23.6 Å². The van der Waals surface area contributed by atoms with Crippen LogP contribution in [-0.2, 0) is 9.47 Å². The standard InChI is InChI=1S/C22H23IN3O4P/c1-4-15-6-5-7-16(12-15)26(31)22-17-13-18(29-10-8-27-2)21(30-11-9-28-3)19(23)20(17)24-14-25-22/h1,5-7,12-14H,8-11,31H2,2-3H3. The maximum atomic E-state index is 5.97. The highest BCUT2D eigenvalue weighted by atomic mass is 127. The molecule has 162 valence electrons. The summed E-state index contributed by atoms with van der Waals surface area (Å²) in [5.74, 6) is 4.57. The third kappa shape index (κ3) is 5.55. The Morgan fingerprint density at radius 2 is 1.81 bits per heavy atom. The fourth-order valence-electron chi connectivity index (χ4n) is 2.87. The first kappa shape index (κ1) is 23.5. The van der Waals surface area contributed by atoms with E-state index < -0.39 is 0 Å². The maximum absolute atomic E-state index is 5.97. The summed E-state index contributed by atoms with van der Waals surface area (Å²) in [4.78, 5) is 9.02. The molecule has 0 radical (unpaired) electrons. The lowest BCUT2D eigenvalue weighted by atomic mass is 10.2. The molecule has 1 aromatic heterocycles. The molecule has 7 nitrogen and oxygen atoms in total. The van der Waals surface area contributed by atoms with E-state index in [2.05, 4.69) is 47.9 Å². The van der Waals surface area contributed by atoms with Gasteiger partial charge in [-0.3, -0.25) is 0 Å². The van der Waals surface area contributed by atoms with Crippen LogP contribution in [0.15, 0.2) is 36.7 Å². The number of terminal acetylenes is 1. The average molecular weight is 551 g/mol. The minimum absolute atomic E-state index is 0.385. The first-order valence-electron chi connectivity index (χ1n) is 9.42. The summed E-state index contributed by atoms with van der Waals surface area (Å²) >= 11 is 2.22. The predicted octanol–water partition coefficient (Wildman–Crippen LogP) is 4.19. The van der Waals surface area contributed by atoms with Crippen molar-refractivity contribution in [3.05, 3.63) is 45.8 Å². The second-order valence-corrected chi connectivity index (χ2v) is 7.95. The van der Waals surface area contributed by atoms with Gasteiger partial charge in [-0.15, -0.1) is 6.42 Å². The molecule has 0 fully saturated rings. The van der Waals surface area contributed by atoms with Crippen molar-refractivity contribution in [1.82, 2.24) is 9.97 Å². The molecule has 0 spiro atoms. The van der Waals surface area contributed by atoms with Gasteiger partial charge in [-0.25, -0.2) is 9.97 Å². The fraction of sp³-hybridized carbons (Fsp3) is 0.273. The number of rotatable bonds is 10. The van der Waals surface area contributed by atoms with Gasteiger partial charge in [0.25, 0.3) is 0 Å². The molecule has 0 aliphatic carbocycles. The van der Waals surface area contributed by atoms with Crippen LogP contribution in [0.2, 0.25) is 0 Å². The van der Waals surface area contributed by atoms with E-state index in [-0.39, 0.29) is 0 Å². The molecule has 1 heterocycles. The number of benzene rings is 2. The molecular formula is C22H23IN3O4P. The van der Waals surface area contributed by atoms with Crippen LogP contribution < -0.4 is 14.1 Å². The summed E-state index contributed by atoms with van der Waals surface area (Å²) in [6, 6.07) is 9.58. The zero-order valence-corrected chi connectivity index (χ0v) is 20.6. The van der Waals surface area contributed by atoms with E-state index in [1.807, 2.05) is 35.0 Å². The lowest BCUT2D eigenvalue weighted by Crippen LogP contribution is -2.11. The zero-order chi connectivity index (χ0) is 22.2. The number of nitrogens with zero attached hydrogens (tertiary/aromatic N) is 3. The number of anilines is 2. The van der Waals surface area contributed by atoms with E-state index >= 15 is 0 Å². The summed E-state index contributed by atoms with van der Waals surface area (Å²) in [5.41, 5.74) is 2.44. The molecule has 31 heavy (non-hydrogen) atoms. The van der Waals surface area contributed by atoms with Crippen LogP contribution in [0, 0.1) is 15.9 Å². The number of ether oxygens (including phenoxy) is 4. The Hall–Kier alpha value is -2.18. The summed E-state index contributed by atoms with van der Waals surface area (Å²) in [6.45, 7) is 1.70. The number of hydrogen-bond donors (Lipinski definition) is 0. The molecule has 2 aromatic carbocycles. The van der Waals surface area contributed by atoms with Gasteiger partial charge in [-0.2, -0.15) is 0 Å². The molecule has 3 rings (SSSR count). The lowest BCUT2D eigenvalue weighted by Gasteiger charge is -2.21. The first-order valence-corrected chi connectivity index (χ1v) is 11.0. The van der Waals surface area contributed by atoms with Gasteiger partial charge in [-0.1, -0.05) is 12.0 Å². The van der Waals surface area contributed by atoms with E-state index in [1.165, 1.54) is 6.33 Å². The van der Waals surface area contributed by atoms with Crippen molar-refractivity contribution in [2.45, 2.75) is 0 Å². The number of methoxy groups -OCH3 is 2. The van der Waals surface area contributed by atoms with Crippen LogP contribution in [-0.4, -0.2) is 50.6 Å². The summed E-state index contributed by atoms with van der Waals surface area (Å²) in [6.07, 6.45) is 7.09. The van der Waals surface area contributed by atoms with Gasteiger partial charge in [0.05, 0.1) is 22.3 Å². The Morgan fingerprint density at radius 3 is 2.52 bits per heavy atom. The van der Waals surface area contributed by atoms with E-state index in [1.54, 1.807) is 14.2 Å². The lowest BCUT2D eigenvalue weighted by molar-refractivity contribution is 0.132. The van der Waals surface area contributed by atoms with Gasteiger partial charge in [0.1, 0.15) is 25.4 Å². The minimum atomic E-state index is 0.385. The van der Waals surface area contributed by atoms with Crippen LogP contribution in [0.4, 0.5) is 11.5 Å². The van der Waals surface area contributed by atoms with Crippen molar-refractivity contribution in [1.29, 1.82) is 0 Å². The molecule has 0 saturated heterocycles. The quantitative estimate of drug-likeness (QED) is 0.162. The maximum Gasteiger partial charge on any atom is 0.176 e. The van der Waals surface area contributed by atoms with Crippen molar-refractivity contribution in [3.63, 3.8) is 0 Å². The van der Waals surface area contributed by atoms with Gasteiger partial charge in [-0.05, 0) is 56.2 Å². The molecule has 0 saturated carbocycles. The molecule has 1 atom stereocenters. The number of fused-ring (bicyclic) bond motifs is 1. The Morgan fingerprint density at radius 1 is 1.06 bits per heavy atom. The third-order valence-corrected chi connectivity index (χ3v) is 5.91. The second kappa shape index (κ2) is 11.4. The Bertz CT molecular complexity index is 1090. The van der Waals surface area contributed by atoms with E-state index in [9.17, 15) is 0 Å². The van der Waals surface area contributed by atoms with Crippen LogP contribution in [0.5, 0.6) is 11.5 Å². The molecule has 0 aliphatic rings. The van der Waals surface area contributed by atoms with Crippen LogP contribution in [0.25, 0.3) is 10.9 Å². The van der Waals surface area contributed by atoms with E-state index in [4.69, 9.17) is 25.4 Å². The highest BCUT2D eigenvalue weighted by Gasteiger charge is 2.20. The van der Waals surface area contributed by atoms with Crippen molar-refractivity contribution in [2.24, 2.45) is 0 Å². The first-order chi connectivity index (χ1) is 15.1. The van der Waals surface area contributed by atoms with Crippen LogP contribution in [0.3, 0.4) is 0 Å². The van der Waals surface area contributed by atoms with Gasteiger partial charge in [0.2, 0.25) is 0 Å². The Kier molecular flexibility index (Phi) is 8.67. The number of aromatic nitrogens is 2. The molecular weight excluding hydrogens is 528 g/mol. The smallest absolute Gasteiger partial charge is 0.176 e. The predicted molar refractivity (Wildman–Crippen MR) is 133 cm³/mol. The Balaban J connectivity index is 2.10.